The first-order valence-electron chi connectivity index (χ1n) is 15.1. The summed E-state index contributed by atoms with van der Waals surface area (Å²) < 4.78 is 12.0. The van der Waals surface area contributed by atoms with Crippen molar-refractivity contribution < 1.29 is 39.5 Å². The number of fused-ring (bicyclic) bond motifs is 1. The molecule has 11 heteroatoms. The number of ether oxygens (including phenoxy) is 2. The van der Waals surface area contributed by atoms with E-state index in [9.17, 15) is 30.0 Å². The van der Waals surface area contributed by atoms with Gasteiger partial charge in [-0.15, -0.1) is 11.3 Å². The molecule has 7 atom stereocenters. The van der Waals surface area contributed by atoms with Crippen LogP contribution in [0.2, 0.25) is 0 Å². The molecule has 2 saturated heterocycles. The van der Waals surface area contributed by atoms with Crippen LogP contribution < -0.4 is 0 Å². The number of cyclic esters (lactones) is 1. The van der Waals surface area contributed by atoms with Crippen molar-refractivity contribution in [1.29, 1.82) is 0 Å². The molecule has 3 heterocycles. The molecule has 1 aromatic heterocycles. The van der Waals surface area contributed by atoms with E-state index in [0.29, 0.717) is 26.1 Å². The average Bonchev–Trinajstić information content (AvgIpc) is 3.34. The molecule has 4 N–H and O–H groups in total. The zero-order valence-electron chi connectivity index (χ0n) is 25.9. The molecule has 1 aromatic rings. The fourth-order valence-corrected chi connectivity index (χ4v) is 6.62. The number of hydrogen-bond acceptors (Lipinski definition) is 11. The van der Waals surface area contributed by atoms with Gasteiger partial charge >= 0.3 is 5.97 Å². The van der Waals surface area contributed by atoms with Crippen molar-refractivity contribution in [3.05, 3.63) is 21.7 Å². The van der Waals surface area contributed by atoms with Crippen molar-refractivity contribution in [2.24, 2.45) is 17.3 Å². The number of epoxide rings is 1. The summed E-state index contributed by atoms with van der Waals surface area (Å²) in [7, 11) is 0. The molecule has 0 radical (unpaired) electrons. The van der Waals surface area contributed by atoms with E-state index in [4.69, 9.17) is 9.47 Å². The molecule has 0 aliphatic carbocycles. The second-order valence-corrected chi connectivity index (χ2v) is 13.8. The summed E-state index contributed by atoms with van der Waals surface area (Å²) in [5, 5.41) is 43.2. The van der Waals surface area contributed by atoms with E-state index >= 15 is 0 Å². The van der Waals surface area contributed by atoms with Crippen molar-refractivity contribution >= 4 is 29.2 Å². The van der Waals surface area contributed by atoms with Gasteiger partial charge in [-0.2, -0.15) is 0 Å². The number of Topliss-reactive ketones (excluding diaryl/α,β-unsaturated/α-hetero) is 1. The van der Waals surface area contributed by atoms with E-state index in [1.807, 2.05) is 30.2 Å². The highest BCUT2D eigenvalue weighted by Gasteiger charge is 2.53. The van der Waals surface area contributed by atoms with Crippen LogP contribution in [0.5, 0.6) is 0 Å². The molecule has 0 spiro atoms. The van der Waals surface area contributed by atoms with Gasteiger partial charge in [-0.25, -0.2) is 4.98 Å². The van der Waals surface area contributed by atoms with E-state index in [1.165, 1.54) is 11.3 Å². The fourth-order valence-electron chi connectivity index (χ4n) is 5.83. The first kappa shape index (κ1) is 34.8. The summed E-state index contributed by atoms with van der Waals surface area (Å²) in [5.41, 5.74) is -0.0915. The number of rotatable bonds is 8. The van der Waals surface area contributed by atoms with Gasteiger partial charge in [0.1, 0.15) is 16.9 Å². The van der Waals surface area contributed by atoms with Crippen LogP contribution in [0.4, 0.5) is 0 Å². The average molecular weight is 611 g/mol. The Bertz CT molecular complexity index is 1080. The molecule has 0 amide bonds. The Morgan fingerprint density at radius 2 is 1.83 bits per heavy atom. The molecule has 0 saturated carbocycles. The lowest BCUT2D eigenvalue weighted by Gasteiger charge is -2.34. The van der Waals surface area contributed by atoms with Gasteiger partial charge in [0.15, 0.2) is 0 Å². The largest absolute Gasteiger partial charge is 0.458 e. The lowest BCUT2D eigenvalue weighted by Crippen LogP contribution is -2.45. The molecule has 42 heavy (non-hydrogen) atoms. The van der Waals surface area contributed by atoms with Gasteiger partial charge in [-0.05, 0) is 44.3 Å². The maximum absolute atomic E-state index is 13.3. The molecule has 2 fully saturated rings. The molecular weight excluding hydrogens is 560 g/mol. The Labute approximate surface area is 253 Å². The van der Waals surface area contributed by atoms with Gasteiger partial charge in [0, 0.05) is 30.8 Å². The predicted octanol–water partition coefficient (Wildman–Crippen LogP) is 2.96. The Balaban J connectivity index is 1.81. The van der Waals surface area contributed by atoms with Crippen LogP contribution >= 0.6 is 11.3 Å². The quantitative estimate of drug-likeness (QED) is 0.255. The van der Waals surface area contributed by atoms with Crippen molar-refractivity contribution in [3.63, 3.8) is 0 Å². The van der Waals surface area contributed by atoms with Gasteiger partial charge in [0.05, 0.1) is 61.2 Å². The number of nitrogens with zero attached hydrogens (tertiary/aromatic N) is 2. The van der Waals surface area contributed by atoms with Gasteiger partial charge in [0.2, 0.25) is 0 Å². The predicted molar refractivity (Wildman–Crippen MR) is 161 cm³/mol. The minimum atomic E-state index is -1.27. The highest BCUT2D eigenvalue weighted by atomic mass is 32.1. The number of aromatic nitrogens is 1. The van der Waals surface area contributed by atoms with Crippen LogP contribution in [0.3, 0.4) is 0 Å². The number of hydrogen-bond donors (Lipinski definition) is 4. The van der Waals surface area contributed by atoms with Crippen LogP contribution in [-0.4, -0.2) is 98.4 Å². The van der Waals surface area contributed by atoms with E-state index in [-0.39, 0.29) is 43.0 Å². The van der Waals surface area contributed by atoms with Gasteiger partial charge in [-0.1, -0.05) is 34.1 Å². The SMILES string of the molecule is C/C(=C\c1csc(CN(CCO)CCO)n1)[C@@H]1C[C@@H]2O[C@]2(C)CCC[C@H](C)[C@H](O)[C@@H](C)C(=O)C(C)(C)[C@@H](O)CC(=O)O1. The summed E-state index contributed by atoms with van der Waals surface area (Å²) in [6, 6.07) is 0. The minimum Gasteiger partial charge on any atom is -0.458 e. The standard InChI is InChI=1S/C31H50N2O8S/c1-19-8-7-9-31(6)25(41-31)15-23(40-27(37)16-24(36)30(4,5)29(39)21(3)28(19)38)20(2)14-22-18-42-26(32-22)17-33(10-12-34)11-13-35/h14,18-19,21,23-25,28,34-36,38H,7-13,15-17H2,1-6H3/b20-14+/t19-,21+,23-,24-,25-,28-,31+/m0/s1. The topological polar surface area (TPSA) is 153 Å². The number of aliphatic hydroxyl groups excluding tert-OH is 4. The highest BCUT2D eigenvalue weighted by molar-refractivity contribution is 7.09. The third-order valence-electron chi connectivity index (χ3n) is 9.05. The third kappa shape index (κ3) is 8.90. The van der Waals surface area contributed by atoms with Crippen LogP contribution in [0.1, 0.15) is 84.3 Å². The highest BCUT2D eigenvalue weighted by Crippen LogP contribution is 2.45. The monoisotopic (exact) mass is 610 g/mol. The number of thiazole rings is 1. The first-order valence-corrected chi connectivity index (χ1v) is 15.9. The number of carbonyl (C=O) groups excluding carboxylic acids is 2. The lowest BCUT2D eigenvalue weighted by atomic mass is 9.73. The normalized spacial score (nSPS) is 33.4. The summed E-state index contributed by atoms with van der Waals surface area (Å²) in [5.74, 6) is -1.68. The number of aliphatic hydroxyl groups is 4. The Hall–Kier alpha value is -1.73. The Kier molecular flexibility index (Phi) is 12.3. The van der Waals surface area contributed by atoms with Crippen LogP contribution in [0, 0.1) is 17.3 Å². The molecule has 0 unspecified atom stereocenters. The smallest absolute Gasteiger partial charge is 0.309 e. The zero-order valence-corrected chi connectivity index (χ0v) is 26.7. The van der Waals surface area contributed by atoms with Crippen molar-refractivity contribution in [2.45, 2.75) is 110 Å². The summed E-state index contributed by atoms with van der Waals surface area (Å²) >= 11 is 1.48. The van der Waals surface area contributed by atoms with Crippen LogP contribution in [0.15, 0.2) is 11.0 Å². The maximum Gasteiger partial charge on any atom is 0.309 e. The van der Waals surface area contributed by atoms with Crippen molar-refractivity contribution in [2.75, 3.05) is 26.3 Å². The van der Waals surface area contributed by atoms with Gasteiger partial charge < -0.3 is 29.9 Å². The molecule has 0 aromatic carbocycles. The maximum atomic E-state index is 13.3. The zero-order chi connectivity index (χ0) is 31.2. The van der Waals surface area contributed by atoms with Crippen LogP contribution in [-0.2, 0) is 25.6 Å². The van der Waals surface area contributed by atoms with Crippen molar-refractivity contribution in [3.8, 4) is 0 Å². The van der Waals surface area contributed by atoms with Crippen LogP contribution in [0.25, 0.3) is 6.08 Å². The summed E-state index contributed by atoms with van der Waals surface area (Å²) in [6.07, 6.45) is 1.51. The number of ketones is 1. The second kappa shape index (κ2) is 14.8. The molecule has 2 aliphatic rings. The minimum absolute atomic E-state index is 0.00745. The Morgan fingerprint density at radius 1 is 1.17 bits per heavy atom. The fraction of sp³-hybridized carbons (Fsp3) is 0.774. The number of esters is 1. The summed E-state index contributed by atoms with van der Waals surface area (Å²) in [4.78, 5) is 33.1. The Morgan fingerprint density at radius 3 is 2.48 bits per heavy atom. The third-order valence-corrected chi connectivity index (χ3v) is 9.90. The van der Waals surface area contributed by atoms with Crippen molar-refractivity contribution in [1.82, 2.24) is 9.88 Å². The lowest BCUT2D eigenvalue weighted by molar-refractivity contribution is -0.154. The first-order chi connectivity index (χ1) is 19.7. The van der Waals surface area contributed by atoms with Gasteiger partial charge in [-0.3, -0.25) is 14.5 Å². The van der Waals surface area contributed by atoms with E-state index in [0.717, 1.165) is 35.5 Å². The molecule has 3 rings (SSSR count). The van der Waals surface area contributed by atoms with E-state index in [2.05, 4.69) is 11.9 Å². The number of carbonyl (C=O) groups is 2. The molecule has 0 bridgehead atoms. The summed E-state index contributed by atoms with van der Waals surface area (Å²) in [6.45, 7) is 12.2. The van der Waals surface area contributed by atoms with E-state index in [1.54, 1.807) is 20.8 Å². The molecule has 10 nitrogen and oxygen atoms in total. The van der Waals surface area contributed by atoms with E-state index < -0.39 is 35.6 Å². The molecule has 2 aliphatic heterocycles. The molecule has 238 valence electrons. The molecular formula is C31H50N2O8S. The van der Waals surface area contributed by atoms with Gasteiger partial charge in [0.25, 0.3) is 0 Å². The second-order valence-electron chi connectivity index (χ2n) is 12.9.